The van der Waals surface area contributed by atoms with Gasteiger partial charge in [-0.1, -0.05) is 24.3 Å². The first-order chi connectivity index (χ1) is 10.3. The zero-order valence-electron chi connectivity index (χ0n) is 12.6. The number of hydrogen-bond acceptors (Lipinski definition) is 5. The van der Waals surface area contributed by atoms with Gasteiger partial charge in [0.15, 0.2) is 0 Å². The van der Waals surface area contributed by atoms with Gasteiger partial charge in [0, 0.05) is 12.7 Å². The monoisotopic (exact) mass is 290 g/mol. The molecule has 6 heteroatoms. The molecule has 0 aliphatic carbocycles. The minimum Gasteiger partial charge on any atom is -0.497 e. The van der Waals surface area contributed by atoms with Gasteiger partial charge in [-0.05, 0) is 24.2 Å². The summed E-state index contributed by atoms with van der Waals surface area (Å²) in [7, 11) is 1.66. The van der Waals surface area contributed by atoms with Crippen molar-refractivity contribution >= 4 is 0 Å². The summed E-state index contributed by atoms with van der Waals surface area (Å²) >= 11 is 0. The number of hydrogen-bond donors (Lipinski definition) is 1. The molecule has 21 heavy (non-hydrogen) atoms. The van der Waals surface area contributed by atoms with Crippen LogP contribution in [0.3, 0.4) is 0 Å². The van der Waals surface area contributed by atoms with E-state index in [0.717, 1.165) is 30.1 Å². The van der Waals surface area contributed by atoms with Crippen LogP contribution in [0.4, 0.5) is 0 Å². The van der Waals surface area contributed by atoms with E-state index >= 15 is 0 Å². The number of ether oxygens (including phenoxy) is 2. The first kappa shape index (κ1) is 15.5. The van der Waals surface area contributed by atoms with Crippen molar-refractivity contribution in [1.29, 1.82) is 0 Å². The predicted molar refractivity (Wildman–Crippen MR) is 80.1 cm³/mol. The Labute approximate surface area is 125 Å². The second kappa shape index (κ2) is 8.39. The lowest BCUT2D eigenvalue weighted by molar-refractivity contribution is 0.110. The van der Waals surface area contributed by atoms with E-state index in [9.17, 15) is 0 Å². The summed E-state index contributed by atoms with van der Waals surface area (Å²) in [5.74, 6) is 0.848. The summed E-state index contributed by atoms with van der Waals surface area (Å²) in [6, 6.07) is 7.88. The maximum atomic E-state index is 5.65. The first-order valence-corrected chi connectivity index (χ1v) is 7.12. The van der Waals surface area contributed by atoms with Crippen LogP contribution in [0.5, 0.6) is 5.75 Å². The molecule has 1 aromatic carbocycles. The van der Waals surface area contributed by atoms with E-state index in [1.54, 1.807) is 11.8 Å². The molecular formula is C15H22N4O2. The Balaban J connectivity index is 1.70. The zero-order chi connectivity index (χ0) is 14.9. The standard InChI is InChI=1S/C15H22N4O2/c1-3-16-10-14-11-19(18-17-14)7-8-21-12-13-5-4-6-15(9-13)20-2/h4-6,9,11,16H,3,7-8,10,12H2,1-2H3. The van der Waals surface area contributed by atoms with Gasteiger partial charge in [0.05, 0.1) is 32.6 Å². The molecule has 0 amide bonds. The van der Waals surface area contributed by atoms with E-state index in [2.05, 4.69) is 22.6 Å². The van der Waals surface area contributed by atoms with E-state index < -0.39 is 0 Å². The summed E-state index contributed by atoms with van der Waals surface area (Å²) in [6.45, 7) is 5.61. The van der Waals surface area contributed by atoms with Gasteiger partial charge in [-0.15, -0.1) is 5.10 Å². The molecule has 0 unspecified atom stereocenters. The first-order valence-electron chi connectivity index (χ1n) is 7.12. The summed E-state index contributed by atoms with van der Waals surface area (Å²) < 4.78 is 12.6. The van der Waals surface area contributed by atoms with E-state index in [1.807, 2.05) is 30.5 Å². The Morgan fingerprint density at radius 3 is 3.05 bits per heavy atom. The van der Waals surface area contributed by atoms with Crippen LogP contribution >= 0.6 is 0 Å². The van der Waals surface area contributed by atoms with Gasteiger partial charge in [0.25, 0.3) is 0 Å². The van der Waals surface area contributed by atoms with Gasteiger partial charge in [-0.25, -0.2) is 4.68 Å². The molecule has 0 atom stereocenters. The van der Waals surface area contributed by atoms with Gasteiger partial charge in [-0.3, -0.25) is 0 Å². The number of benzene rings is 1. The Bertz CT molecular complexity index is 542. The van der Waals surface area contributed by atoms with Gasteiger partial charge in [0.2, 0.25) is 0 Å². The number of nitrogens with zero attached hydrogens (tertiary/aromatic N) is 3. The predicted octanol–water partition coefficient (Wildman–Crippen LogP) is 1.61. The summed E-state index contributed by atoms with van der Waals surface area (Å²) in [6.07, 6.45) is 1.94. The van der Waals surface area contributed by atoms with E-state index in [4.69, 9.17) is 9.47 Å². The molecule has 0 radical (unpaired) electrons. The molecule has 0 spiro atoms. The Morgan fingerprint density at radius 1 is 1.33 bits per heavy atom. The molecule has 114 valence electrons. The average molecular weight is 290 g/mol. The van der Waals surface area contributed by atoms with Gasteiger partial charge < -0.3 is 14.8 Å². The van der Waals surface area contributed by atoms with Gasteiger partial charge in [0.1, 0.15) is 5.75 Å². The van der Waals surface area contributed by atoms with Crippen molar-refractivity contribution in [3.8, 4) is 5.75 Å². The molecule has 0 saturated heterocycles. The summed E-state index contributed by atoms with van der Waals surface area (Å²) in [5, 5.41) is 11.4. The number of aromatic nitrogens is 3. The molecule has 6 nitrogen and oxygen atoms in total. The van der Waals surface area contributed by atoms with Crippen LogP contribution in [0.1, 0.15) is 18.2 Å². The van der Waals surface area contributed by atoms with Crippen LogP contribution in [-0.2, 0) is 24.4 Å². The number of rotatable bonds is 9. The van der Waals surface area contributed by atoms with Crippen molar-refractivity contribution in [2.45, 2.75) is 26.6 Å². The van der Waals surface area contributed by atoms with E-state index in [-0.39, 0.29) is 0 Å². The second-order valence-electron chi connectivity index (χ2n) is 4.66. The minimum absolute atomic E-state index is 0.566. The Morgan fingerprint density at radius 2 is 2.24 bits per heavy atom. The van der Waals surface area contributed by atoms with Crippen molar-refractivity contribution < 1.29 is 9.47 Å². The molecule has 0 bridgehead atoms. The van der Waals surface area contributed by atoms with Crippen LogP contribution in [0.2, 0.25) is 0 Å². The maximum absolute atomic E-state index is 5.65. The summed E-state index contributed by atoms with van der Waals surface area (Å²) in [5.41, 5.74) is 2.05. The van der Waals surface area contributed by atoms with Crippen molar-refractivity contribution in [2.75, 3.05) is 20.3 Å². The molecule has 0 aliphatic heterocycles. The molecule has 2 rings (SSSR count). The molecule has 1 heterocycles. The average Bonchev–Trinajstić information content (AvgIpc) is 2.97. The highest BCUT2D eigenvalue weighted by atomic mass is 16.5. The van der Waals surface area contributed by atoms with Crippen molar-refractivity contribution in [3.63, 3.8) is 0 Å². The molecule has 2 aromatic rings. The third-order valence-corrected chi connectivity index (χ3v) is 3.01. The van der Waals surface area contributed by atoms with E-state index in [1.165, 1.54) is 0 Å². The van der Waals surface area contributed by atoms with Gasteiger partial charge in [-0.2, -0.15) is 0 Å². The second-order valence-corrected chi connectivity index (χ2v) is 4.66. The molecule has 1 aromatic heterocycles. The summed E-state index contributed by atoms with van der Waals surface area (Å²) in [4.78, 5) is 0. The molecule has 1 N–H and O–H groups in total. The lowest BCUT2D eigenvalue weighted by atomic mass is 10.2. The lowest BCUT2D eigenvalue weighted by Crippen LogP contribution is -2.11. The van der Waals surface area contributed by atoms with Crippen LogP contribution in [0.25, 0.3) is 0 Å². The maximum Gasteiger partial charge on any atom is 0.119 e. The largest absolute Gasteiger partial charge is 0.497 e. The van der Waals surface area contributed by atoms with Crippen molar-refractivity contribution in [3.05, 3.63) is 41.7 Å². The molecule has 0 saturated carbocycles. The number of methoxy groups -OCH3 is 1. The smallest absolute Gasteiger partial charge is 0.119 e. The van der Waals surface area contributed by atoms with Crippen LogP contribution < -0.4 is 10.1 Å². The number of nitrogens with one attached hydrogen (secondary N) is 1. The molecular weight excluding hydrogens is 268 g/mol. The van der Waals surface area contributed by atoms with Crippen LogP contribution in [0.15, 0.2) is 30.5 Å². The lowest BCUT2D eigenvalue weighted by Gasteiger charge is -2.06. The fourth-order valence-electron chi connectivity index (χ4n) is 1.89. The van der Waals surface area contributed by atoms with E-state index in [0.29, 0.717) is 19.8 Å². The quantitative estimate of drug-likeness (QED) is 0.711. The SMILES string of the molecule is CCNCc1cn(CCOCc2cccc(OC)c2)nn1. The highest BCUT2D eigenvalue weighted by Gasteiger charge is 2.00. The normalized spacial score (nSPS) is 10.8. The Hall–Kier alpha value is -1.92. The van der Waals surface area contributed by atoms with Crippen molar-refractivity contribution in [1.82, 2.24) is 20.3 Å². The highest BCUT2D eigenvalue weighted by Crippen LogP contribution is 2.13. The Kier molecular flexibility index (Phi) is 6.18. The third-order valence-electron chi connectivity index (χ3n) is 3.01. The third kappa shape index (κ3) is 5.17. The topological polar surface area (TPSA) is 61.2 Å². The van der Waals surface area contributed by atoms with Gasteiger partial charge >= 0.3 is 0 Å². The zero-order valence-corrected chi connectivity index (χ0v) is 12.6. The van der Waals surface area contributed by atoms with Crippen LogP contribution in [-0.4, -0.2) is 35.3 Å². The fraction of sp³-hybridized carbons (Fsp3) is 0.467. The molecule has 0 fully saturated rings. The van der Waals surface area contributed by atoms with Crippen molar-refractivity contribution in [2.24, 2.45) is 0 Å². The highest BCUT2D eigenvalue weighted by molar-refractivity contribution is 5.27. The molecule has 0 aliphatic rings. The minimum atomic E-state index is 0.566. The fourth-order valence-corrected chi connectivity index (χ4v) is 1.89. The van der Waals surface area contributed by atoms with Crippen LogP contribution in [0, 0.1) is 0 Å².